The quantitative estimate of drug-likeness (QED) is 0.833. The van der Waals surface area contributed by atoms with Crippen LogP contribution in [0.3, 0.4) is 0 Å². The molecular formula is C17H21O4P. The van der Waals surface area contributed by atoms with Gasteiger partial charge in [0.25, 0.3) is 0 Å². The Kier molecular flexibility index (Phi) is 4.59. The van der Waals surface area contributed by atoms with E-state index in [0.29, 0.717) is 11.1 Å². The minimum Gasteiger partial charge on any atom is -0.303 e. The number of hydrogen-bond donors (Lipinski definition) is 2. The Balaban J connectivity index is 2.79. The summed E-state index contributed by atoms with van der Waals surface area (Å²) >= 11 is 0. The van der Waals surface area contributed by atoms with Crippen LogP contribution in [0.25, 0.3) is 0 Å². The zero-order valence-corrected chi connectivity index (χ0v) is 13.8. The van der Waals surface area contributed by atoms with E-state index in [1.807, 2.05) is 81.4 Å². The molecule has 2 aromatic rings. The molecule has 0 unspecified atom stereocenters. The molecule has 0 saturated carbocycles. The van der Waals surface area contributed by atoms with Gasteiger partial charge in [-0.15, -0.1) is 0 Å². The molecule has 0 amide bonds. The van der Waals surface area contributed by atoms with Crippen LogP contribution in [0.15, 0.2) is 60.7 Å². The predicted molar refractivity (Wildman–Crippen MR) is 86.2 cm³/mol. The fourth-order valence-corrected chi connectivity index (χ4v) is 3.64. The van der Waals surface area contributed by atoms with Crippen LogP contribution < -0.4 is 0 Å². The van der Waals surface area contributed by atoms with Crippen molar-refractivity contribution in [2.24, 2.45) is 5.41 Å². The number of rotatable bonds is 4. The van der Waals surface area contributed by atoms with Crippen molar-refractivity contribution in [1.29, 1.82) is 0 Å². The van der Waals surface area contributed by atoms with Crippen molar-refractivity contribution >= 4 is 7.82 Å². The average molecular weight is 320 g/mol. The molecule has 0 heterocycles. The second-order valence-corrected chi connectivity index (χ2v) is 7.41. The first-order chi connectivity index (χ1) is 10.2. The summed E-state index contributed by atoms with van der Waals surface area (Å²) in [6.45, 7) is 5.72. The van der Waals surface area contributed by atoms with Crippen molar-refractivity contribution < 1.29 is 18.9 Å². The highest BCUT2D eigenvalue weighted by atomic mass is 31.2. The maximum absolute atomic E-state index is 11.7. The molecule has 0 aliphatic carbocycles. The van der Waals surface area contributed by atoms with Crippen molar-refractivity contribution in [2.75, 3.05) is 0 Å². The van der Waals surface area contributed by atoms with Gasteiger partial charge in [0.15, 0.2) is 0 Å². The van der Waals surface area contributed by atoms with E-state index in [1.165, 1.54) is 0 Å². The van der Waals surface area contributed by atoms with Gasteiger partial charge in [-0.3, -0.25) is 4.52 Å². The summed E-state index contributed by atoms with van der Waals surface area (Å²) < 4.78 is 17.1. The first-order valence-corrected chi connectivity index (χ1v) is 8.57. The van der Waals surface area contributed by atoms with Crippen molar-refractivity contribution in [3.8, 4) is 0 Å². The van der Waals surface area contributed by atoms with Crippen LogP contribution in [0.4, 0.5) is 0 Å². The molecule has 0 radical (unpaired) electrons. The summed E-state index contributed by atoms with van der Waals surface area (Å²) in [7, 11) is -4.71. The normalized spacial score (nSPS) is 13.1. The Morgan fingerprint density at radius 3 is 1.45 bits per heavy atom. The lowest BCUT2D eigenvalue weighted by molar-refractivity contribution is -0.0239. The molecule has 5 heteroatoms. The van der Waals surface area contributed by atoms with E-state index in [2.05, 4.69) is 0 Å². The molecule has 2 aromatic carbocycles. The maximum atomic E-state index is 11.7. The summed E-state index contributed by atoms with van der Waals surface area (Å²) in [4.78, 5) is 19.1. The van der Waals surface area contributed by atoms with E-state index in [4.69, 9.17) is 4.52 Å². The van der Waals surface area contributed by atoms with Crippen molar-refractivity contribution in [1.82, 2.24) is 0 Å². The fraction of sp³-hybridized carbons (Fsp3) is 0.294. The highest BCUT2D eigenvalue weighted by molar-refractivity contribution is 7.46. The van der Waals surface area contributed by atoms with Gasteiger partial charge in [0.1, 0.15) is 5.60 Å². The largest absolute Gasteiger partial charge is 0.470 e. The highest BCUT2D eigenvalue weighted by Gasteiger charge is 2.50. The third-order valence-electron chi connectivity index (χ3n) is 3.67. The van der Waals surface area contributed by atoms with Crippen molar-refractivity contribution in [3.05, 3.63) is 71.8 Å². The van der Waals surface area contributed by atoms with E-state index in [0.717, 1.165) is 0 Å². The molecule has 2 N–H and O–H groups in total. The third-order valence-corrected chi connectivity index (χ3v) is 4.18. The standard InChI is InChI=1S/C17H21O4P/c1-16(2,3)17(21-22(18,19)20,14-10-6-4-7-11-14)15-12-8-5-9-13-15/h4-13H,1-3H3,(H2,18,19,20). The smallest absolute Gasteiger partial charge is 0.303 e. The van der Waals surface area contributed by atoms with Crippen LogP contribution >= 0.6 is 7.82 Å². The molecule has 118 valence electrons. The van der Waals surface area contributed by atoms with Gasteiger partial charge in [0, 0.05) is 5.41 Å². The van der Waals surface area contributed by atoms with E-state index in [1.54, 1.807) is 0 Å². The monoisotopic (exact) mass is 320 g/mol. The Labute approximate surface area is 131 Å². The molecule has 0 aromatic heterocycles. The van der Waals surface area contributed by atoms with Gasteiger partial charge in [-0.05, 0) is 11.1 Å². The molecule has 4 nitrogen and oxygen atoms in total. The van der Waals surface area contributed by atoms with Crippen molar-refractivity contribution in [3.63, 3.8) is 0 Å². The van der Waals surface area contributed by atoms with Crippen LogP contribution in [0.2, 0.25) is 0 Å². The molecule has 0 fully saturated rings. The van der Waals surface area contributed by atoms with Crippen LogP contribution in [-0.4, -0.2) is 9.79 Å². The van der Waals surface area contributed by atoms with Crippen LogP contribution in [0, 0.1) is 5.41 Å². The lowest BCUT2D eigenvalue weighted by Gasteiger charge is -2.45. The van der Waals surface area contributed by atoms with Gasteiger partial charge < -0.3 is 9.79 Å². The topological polar surface area (TPSA) is 66.8 Å². The predicted octanol–water partition coefficient (Wildman–Crippen LogP) is 4.09. The van der Waals surface area contributed by atoms with Gasteiger partial charge in [0.2, 0.25) is 0 Å². The number of hydrogen-bond acceptors (Lipinski definition) is 2. The summed E-state index contributed by atoms with van der Waals surface area (Å²) in [6, 6.07) is 18.4. The number of phosphoric acid groups is 1. The molecule has 2 rings (SSSR count). The SMILES string of the molecule is CC(C)(C)C(OP(=O)(O)O)(c1ccccc1)c1ccccc1. The Bertz CT molecular complexity index is 617. The van der Waals surface area contributed by atoms with Gasteiger partial charge in [-0.25, -0.2) is 4.57 Å². The van der Waals surface area contributed by atoms with E-state index >= 15 is 0 Å². The minimum absolute atomic E-state index is 0.586. The number of phosphoric ester groups is 1. The van der Waals surface area contributed by atoms with Gasteiger partial charge in [-0.2, -0.15) is 0 Å². The van der Waals surface area contributed by atoms with E-state index < -0.39 is 18.8 Å². The first-order valence-electron chi connectivity index (χ1n) is 7.04. The summed E-state index contributed by atoms with van der Waals surface area (Å²) in [5.74, 6) is 0. The van der Waals surface area contributed by atoms with Crippen LogP contribution in [-0.2, 0) is 14.7 Å². The zero-order chi connectivity index (χ0) is 16.4. The van der Waals surface area contributed by atoms with Crippen molar-refractivity contribution in [2.45, 2.75) is 26.4 Å². The van der Waals surface area contributed by atoms with Crippen LogP contribution in [0.1, 0.15) is 31.9 Å². The van der Waals surface area contributed by atoms with Crippen LogP contribution in [0.5, 0.6) is 0 Å². The molecule has 22 heavy (non-hydrogen) atoms. The number of benzene rings is 2. The lowest BCUT2D eigenvalue weighted by atomic mass is 9.68. The van der Waals surface area contributed by atoms with Gasteiger partial charge in [-0.1, -0.05) is 81.4 Å². The molecule has 0 atom stereocenters. The Morgan fingerprint density at radius 2 is 1.18 bits per heavy atom. The zero-order valence-electron chi connectivity index (χ0n) is 12.9. The average Bonchev–Trinajstić information content (AvgIpc) is 2.44. The Hall–Kier alpha value is -1.45. The minimum atomic E-state index is -4.71. The lowest BCUT2D eigenvalue weighted by Crippen LogP contribution is -2.43. The second-order valence-electron chi connectivity index (χ2n) is 6.25. The highest BCUT2D eigenvalue weighted by Crippen LogP contribution is 2.56. The molecule has 0 saturated heterocycles. The summed E-state index contributed by atoms with van der Waals surface area (Å²) in [5.41, 5.74) is -0.431. The van der Waals surface area contributed by atoms with Gasteiger partial charge >= 0.3 is 7.82 Å². The summed E-state index contributed by atoms with van der Waals surface area (Å²) in [6.07, 6.45) is 0. The fourth-order valence-electron chi connectivity index (χ4n) is 2.80. The maximum Gasteiger partial charge on any atom is 0.470 e. The molecule has 0 bridgehead atoms. The van der Waals surface area contributed by atoms with E-state index in [-0.39, 0.29) is 0 Å². The third kappa shape index (κ3) is 3.31. The van der Waals surface area contributed by atoms with Gasteiger partial charge in [0.05, 0.1) is 0 Å². The summed E-state index contributed by atoms with van der Waals surface area (Å²) in [5, 5.41) is 0. The van der Waals surface area contributed by atoms with E-state index in [9.17, 15) is 14.4 Å². The second kappa shape index (κ2) is 5.98. The molecular weight excluding hydrogens is 299 g/mol. The molecule has 0 spiro atoms. The Morgan fingerprint density at radius 1 is 0.818 bits per heavy atom. The first kappa shape index (κ1) is 16.9. The molecule has 0 aliphatic heterocycles. The molecule has 0 aliphatic rings.